The summed E-state index contributed by atoms with van der Waals surface area (Å²) in [5, 5.41) is 23.7. The van der Waals surface area contributed by atoms with Crippen LogP contribution in [0.15, 0.2) is 91.1 Å². The first-order valence-electron chi connectivity index (χ1n) is 13.4. The number of carbonyl (C=O) groups is 2. The first kappa shape index (κ1) is 26.7. The number of nitrogens with zero attached hydrogens (tertiary/aromatic N) is 3. The zero-order chi connectivity index (χ0) is 29.4. The van der Waals surface area contributed by atoms with Gasteiger partial charge in [-0.05, 0) is 52.9 Å². The number of ether oxygens (including phenoxy) is 1. The molecule has 1 unspecified atom stereocenters. The molecule has 1 aliphatic carbocycles. The third-order valence-electron chi connectivity index (χ3n) is 7.63. The van der Waals surface area contributed by atoms with Crippen LogP contribution < -0.4 is 5.32 Å². The number of nitro groups is 1. The van der Waals surface area contributed by atoms with Gasteiger partial charge in [0, 0.05) is 36.2 Å². The summed E-state index contributed by atoms with van der Waals surface area (Å²) < 4.78 is 7.38. The second kappa shape index (κ2) is 10.8. The van der Waals surface area contributed by atoms with Gasteiger partial charge >= 0.3 is 12.1 Å². The zero-order valence-electron chi connectivity index (χ0n) is 22.6. The molecule has 2 heterocycles. The molecule has 1 atom stereocenters. The number of aromatic nitrogens is 2. The molecule has 5 aromatic rings. The number of nitrogens with one attached hydrogen (secondary N) is 1. The fourth-order valence-electron chi connectivity index (χ4n) is 5.60. The molecule has 2 aromatic heterocycles. The molecule has 0 fully saturated rings. The lowest BCUT2D eigenvalue weighted by Crippen LogP contribution is -2.43. The lowest BCUT2D eigenvalue weighted by Gasteiger charge is -2.18. The molecule has 1 aliphatic rings. The Morgan fingerprint density at radius 1 is 1.00 bits per heavy atom. The minimum atomic E-state index is -1.32. The number of hydrogen-bond acceptors (Lipinski definition) is 6. The number of non-ortho nitro benzene ring substituents is 1. The first-order chi connectivity index (χ1) is 20.3. The highest BCUT2D eigenvalue weighted by molar-refractivity contribution is 5.82. The van der Waals surface area contributed by atoms with E-state index in [1.165, 1.54) is 12.1 Å². The molecule has 0 saturated carbocycles. The van der Waals surface area contributed by atoms with Gasteiger partial charge in [0.1, 0.15) is 18.3 Å². The van der Waals surface area contributed by atoms with Gasteiger partial charge in [-0.15, -0.1) is 0 Å². The maximum Gasteiger partial charge on any atom is 0.407 e. The number of carbonyl (C=O) groups excluding carboxylic acids is 1. The van der Waals surface area contributed by atoms with E-state index in [4.69, 9.17) is 9.72 Å². The summed E-state index contributed by atoms with van der Waals surface area (Å²) in [6.45, 7) is 1.93. The Balaban J connectivity index is 1.24. The van der Waals surface area contributed by atoms with Crippen LogP contribution in [0.25, 0.3) is 28.0 Å². The number of benzene rings is 3. The average molecular weight is 563 g/mol. The Kier molecular flexibility index (Phi) is 6.87. The molecule has 0 spiro atoms. The largest absolute Gasteiger partial charge is 0.480 e. The Hall–Kier alpha value is -5.51. The third-order valence-corrected chi connectivity index (χ3v) is 7.63. The number of nitro benzene ring substituents is 1. The van der Waals surface area contributed by atoms with Crippen LogP contribution >= 0.6 is 0 Å². The molecular weight excluding hydrogens is 536 g/mol. The van der Waals surface area contributed by atoms with Crippen molar-refractivity contribution in [1.82, 2.24) is 14.7 Å². The van der Waals surface area contributed by atoms with Crippen molar-refractivity contribution in [1.29, 1.82) is 0 Å². The number of pyridine rings is 1. The molecule has 0 aliphatic heterocycles. The summed E-state index contributed by atoms with van der Waals surface area (Å²) >= 11 is 0. The van der Waals surface area contributed by atoms with Crippen molar-refractivity contribution in [3.63, 3.8) is 0 Å². The van der Waals surface area contributed by atoms with E-state index in [0.29, 0.717) is 22.6 Å². The number of imidazole rings is 1. The van der Waals surface area contributed by atoms with Crippen LogP contribution in [0.1, 0.15) is 28.3 Å². The molecule has 10 heteroatoms. The van der Waals surface area contributed by atoms with Gasteiger partial charge in [-0.3, -0.25) is 10.1 Å². The Bertz CT molecular complexity index is 1800. The first-order valence-corrected chi connectivity index (χ1v) is 13.4. The number of fused-ring (bicyclic) bond motifs is 4. The van der Waals surface area contributed by atoms with Crippen LogP contribution in [-0.2, 0) is 16.0 Å². The highest BCUT2D eigenvalue weighted by Crippen LogP contribution is 2.44. The smallest absolute Gasteiger partial charge is 0.407 e. The van der Waals surface area contributed by atoms with Crippen molar-refractivity contribution in [2.24, 2.45) is 0 Å². The van der Waals surface area contributed by atoms with E-state index in [2.05, 4.69) is 5.32 Å². The van der Waals surface area contributed by atoms with Crippen molar-refractivity contribution < 1.29 is 24.4 Å². The molecule has 0 bridgehead atoms. The topological polar surface area (TPSA) is 136 Å². The van der Waals surface area contributed by atoms with Crippen LogP contribution in [0.2, 0.25) is 0 Å². The summed E-state index contributed by atoms with van der Waals surface area (Å²) in [5.74, 6) is -1.40. The second-order valence-electron chi connectivity index (χ2n) is 10.2. The fraction of sp³-hybridized carbons (Fsp3) is 0.156. The maximum atomic E-state index is 13.0. The number of hydrogen-bond donors (Lipinski definition) is 2. The maximum absolute atomic E-state index is 13.0. The number of aliphatic carboxylic acids is 1. The van der Waals surface area contributed by atoms with Crippen molar-refractivity contribution >= 4 is 23.4 Å². The number of carboxylic acids is 1. The Morgan fingerprint density at radius 2 is 1.64 bits per heavy atom. The van der Waals surface area contributed by atoms with Gasteiger partial charge in [0.25, 0.3) is 5.69 Å². The van der Waals surface area contributed by atoms with Crippen molar-refractivity contribution in [2.75, 3.05) is 6.61 Å². The van der Waals surface area contributed by atoms with Crippen LogP contribution in [0.3, 0.4) is 0 Å². The fourth-order valence-corrected chi connectivity index (χ4v) is 5.60. The second-order valence-corrected chi connectivity index (χ2v) is 10.2. The predicted octanol–water partition coefficient (Wildman–Crippen LogP) is 5.75. The molecule has 210 valence electrons. The average Bonchev–Trinajstić information content (AvgIpc) is 3.52. The minimum absolute atomic E-state index is 0.0506. The molecule has 1 amide bonds. The third kappa shape index (κ3) is 4.83. The SMILES string of the molecule is Cc1cccn2c(CC(NC(=O)OCC3c4ccccc4-c4ccccc43)C(=O)O)c(-c3ccc([N+](=O)[O-])cc3)nc12. The van der Waals surface area contributed by atoms with E-state index < -0.39 is 23.0 Å². The lowest BCUT2D eigenvalue weighted by atomic mass is 9.98. The van der Waals surface area contributed by atoms with Crippen molar-refractivity contribution in [2.45, 2.75) is 25.3 Å². The Morgan fingerprint density at radius 3 is 2.26 bits per heavy atom. The number of aryl methyl sites for hydroxylation is 1. The molecule has 2 N–H and O–H groups in total. The molecule has 3 aromatic carbocycles. The summed E-state index contributed by atoms with van der Waals surface area (Å²) in [4.78, 5) is 40.7. The van der Waals surface area contributed by atoms with Crippen LogP contribution in [0.4, 0.5) is 10.5 Å². The number of carboxylic acid groups (broad SMARTS) is 1. The molecule has 0 radical (unpaired) electrons. The van der Waals surface area contributed by atoms with E-state index >= 15 is 0 Å². The van der Waals surface area contributed by atoms with E-state index in [1.54, 1.807) is 22.7 Å². The summed E-state index contributed by atoms with van der Waals surface area (Å²) in [6.07, 6.45) is 0.827. The van der Waals surface area contributed by atoms with Gasteiger partial charge in [0.2, 0.25) is 0 Å². The van der Waals surface area contributed by atoms with Crippen LogP contribution in [0, 0.1) is 17.0 Å². The molecule has 42 heavy (non-hydrogen) atoms. The molecule has 0 saturated heterocycles. The van der Waals surface area contributed by atoms with E-state index in [1.807, 2.05) is 67.6 Å². The summed E-state index contributed by atoms with van der Waals surface area (Å²) in [6, 6.07) is 24.2. The van der Waals surface area contributed by atoms with E-state index in [-0.39, 0.29) is 24.6 Å². The minimum Gasteiger partial charge on any atom is -0.480 e. The van der Waals surface area contributed by atoms with Crippen LogP contribution in [0.5, 0.6) is 0 Å². The van der Waals surface area contributed by atoms with Crippen LogP contribution in [-0.4, -0.2) is 44.1 Å². The summed E-state index contributed by atoms with van der Waals surface area (Å²) in [7, 11) is 0. The van der Waals surface area contributed by atoms with Gasteiger partial charge in [0.05, 0.1) is 16.3 Å². The normalized spacial score (nSPS) is 12.9. The number of alkyl carbamates (subject to hydrolysis) is 1. The van der Waals surface area contributed by atoms with Gasteiger partial charge < -0.3 is 19.6 Å². The molecule has 6 rings (SSSR count). The van der Waals surface area contributed by atoms with Gasteiger partial charge in [-0.25, -0.2) is 14.6 Å². The van der Waals surface area contributed by atoms with Crippen molar-refractivity contribution in [3.8, 4) is 22.4 Å². The van der Waals surface area contributed by atoms with Gasteiger partial charge in [0.15, 0.2) is 0 Å². The predicted molar refractivity (Wildman–Crippen MR) is 155 cm³/mol. The van der Waals surface area contributed by atoms with E-state index in [0.717, 1.165) is 27.8 Å². The lowest BCUT2D eigenvalue weighted by molar-refractivity contribution is -0.384. The number of amides is 1. The molecular formula is C32H26N4O6. The monoisotopic (exact) mass is 562 g/mol. The van der Waals surface area contributed by atoms with E-state index in [9.17, 15) is 24.8 Å². The highest BCUT2D eigenvalue weighted by atomic mass is 16.6. The Labute approximate surface area is 240 Å². The zero-order valence-corrected chi connectivity index (χ0v) is 22.6. The van der Waals surface area contributed by atoms with Gasteiger partial charge in [-0.1, -0.05) is 54.6 Å². The van der Waals surface area contributed by atoms with Crippen molar-refractivity contribution in [3.05, 3.63) is 124 Å². The quantitative estimate of drug-likeness (QED) is 0.181. The number of rotatable bonds is 8. The van der Waals surface area contributed by atoms with Gasteiger partial charge in [-0.2, -0.15) is 0 Å². The molecule has 10 nitrogen and oxygen atoms in total. The standard InChI is InChI=1S/C32H26N4O6/c1-19-7-6-16-35-28(29(34-30(19)35)20-12-14-21(15-13-20)36(40)41)17-27(31(37)38)33-32(39)42-18-26-24-10-4-2-8-22(24)23-9-3-5-11-25(23)26/h2-16,26-27H,17-18H2,1H3,(H,33,39)(H,37,38). The highest BCUT2D eigenvalue weighted by Gasteiger charge is 2.30. The summed E-state index contributed by atoms with van der Waals surface area (Å²) in [5.41, 5.74) is 7.29.